The summed E-state index contributed by atoms with van der Waals surface area (Å²) in [4.78, 5) is 1.76. The summed E-state index contributed by atoms with van der Waals surface area (Å²) in [6.07, 6.45) is 1.65. The zero-order valence-corrected chi connectivity index (χ0v) is 16.5. The predicted molar refractivity (Wildman–Crippen MR) is 103 cm³/mol. The van der Waals surface area contributed by atoms with Gasteiger partial charge in [0.05, 0.1) is 4.90 Å². The number of aromatic hydroxyl groups is 1. The van der Waals surface area contributed by atoms with Crippen molar-refractivity contribution in [3.63, 3.8) is 0 Å². The second kappa shape index (κ2) is 8.50. The molecule has 6 heteroatoms. The number of benzene rings is 2. The number of halogens is 1. The zero-order valence-electron chi connectivity index (χ0n) is 14.1. The van der Waals surface area contributed by atoms with Crippen molar-refractivity contribution in [2.75, 3.05) is 0 Å². The Hall–Kier alpha value is -1.85. The highest BCUT2D eigenvalue weighted by Gasteiger charge is 2.28. The van der Waals surface area contributed by atoms with E-state index in [2.05, 4.69) is 21.7 Å². The lowest BCUT2D eigenvalue weighted by atomic mass is 10.2. The second-order valence-electron chi connectivity index (χ2n) is 5.68. The molecule has 0 heterocycles. The average molecular weight is 422 g/mol. The van der Waals surface area contributed by atoms with Gasteiger partial charge in [0.15, 0.2) is 0 Å². The Morgan fingerprint density at radius 3 is 2.44 bits per heavy atom. The number of nitrogens with zero attached hydrogens (tertiary/aromatic N) is 1. The van der Waals surface area contributed by atoms with Crippen molar-refractivity contribution in [3.8, 4) is 5.75 Å². The molecule has 0 amide bonds. The molecular formula is C19H20BrNO3S. The van der Waals surface area contributed by atoms with Crippen LogP contribution in [0.3, 0.4) is 0 Å². The van der Waals surface area contributed by atoms with Gasteiger partial charge in [0.1, 0.15) is 5.75 Å². The van der Waals surface area contributed by atoms with Crippen LogP contribution in [0.1, 0.15) is 18.1 Å². The molecule has 0 bridgehead atoms. The number of hydrogen-bond donors (Lipinski definition) is 1. The molecule has 0 radical (unpaired) electrons. The predicted octanol–water partition coefficient (Wildman–Crippen LogP) is 4.34. The summed E-state index contributed by atoms with van der Waals surface area (Å²) in [7, 11) is -3.74. The molecule has 0 saturated carbocycles. The van der Waals surface area contributed by atoms with Crippen molar-refractivity contribution in [1.82, 2.24) is 4.31 Å². The molecule has 1 atom stereocenters. The topological polar surface area (TPSA) is 57.6 Å². The fourth-order valence-electron chi connectivity index (χ4n) is 2.36. The summed E-state index contributed by atoms with van der Waals surface area (Å²) < 4.78 is 27.6. The highest BCUT2D eigenvalue weighted by molar-refractivity contribution is 9.11. The van der Waals surface area contributed by atoms with Gasteiger partial charge in [0.2, 0.25) is 10.0 Å². The van der Waals surface area contributed by atoms with Crippen LogP contribution in [0.4, 0.5) is 0 Å². The van der Waals surface area contributed by atoms with Crippen molar-refractivity contribution in [3.05, 3.63) is 76.5 Å². The number of para-hydroxylation sites is 1. The van der Waals surface area contributed by atoms with E-state index in [-0.39, 0.29) is 17.2 Å². The van der Waals surface area contributed by atoms with Gasteiger partial charge in [-0.25, -0.2) is 8.42 Å². The van der Waals surface area contributed by atoms with Gasteiger partial charge in [-0.1, -0.05) is 51.8 Å². The minimum atomic E-state index is -3.74. The highest BCUT2D eigenvalue weighted by atomic mass is 79.9. The Bertz CT molecular complexity index is 885. The highest BCUT2D eigenvalue weighted by Crippen LogP contribution is 2.25. The molecule has 2 aromatic carbocycles. The van der Waals surface area contributed by atoms with Crippen LogP contribution in [0.15, 0.2) is 70.2 Å². The molecule has 0 aliphatic carbocycles. The molecule has 0 saturated heterocycles. The van der Waals surface area contributed by atoms with E-state index in [0.29, 0.717) is 5.56 Å². The third kappa shape index (κ3) is 4.83. The van der Waals surface area contributed by atoms with Gasteiger partial charge >= 0.3 is 0 Å². The summed E-state index contributed by atoms with van der Waals surface area (Å²) in [5.74, 6) is 0.0684. The Labute approximate surface area is 157 Å². The lowest BCUT2D eigenvalue weighted by Gasteiger charge is -2.26. The minimum absolute atomic E-state index is 0.0600. The molecule has 0 spiro atoms. The number of phenolic OH excluding ortho intramolecular Hbond substituents is 1. The largest absolute Gasteiger partial charge is 0.508 e. The van der Waals surface area contributed by atoms with Crippen LogP contribution in [-0.2, 0) is 16.6 Å². The van der Waals surface area contributed by atoms with Crippen LogP contribution >= 0.6 is 15.9 Å². The lowest BCUT2D eigenvalue weighted by molar-refractivity contribution is 0.363. The standard InChI is InChI=1S/C19H20BrNO3S/c1-15-9-11-18(12-10-15)25(23,24)21(16(2)6-5-13-20)14-17-7-3-4-8-19(17)22/h3-4,6-13,16,22H,14H2,1-2H3/t5?,16-/m0/s1. The molecule has 0 aromatic heterocycles. The van der Waals surface area contributed by atoms with Crippen LogP contribution in [0.2, 0.25) is 0 Å². The van der Waals surface area contributed by atoms with Crippen molar-refractivity contribution in [1.29, 1.82) is 0 Å². The fourth-order valence-corrected chi connectivity index (χ4v) is 4.08. The molecule has 0 fully saturated rings. The van der Waals surface area contributed by atoms with Crippen LogP contribution in [0.5, 0.6) is 5.75 Å². The fraction of sp³-hybridized carbons (Fsp3) is 0.211. The molecule has 2 rings (SSSR count). The smallest absolute Gasteiger partial charge is 0.243 e. The van der Waals surface area contributed by atoms with E-state index in [0.717, 1.165) is 5.56 Å². The number of phenols is 1. The molecule has 0 aliphatic heterocycles. The first-order valence-electron chi connectivity index (χ1n) is 7.73. The van der Waals surface area contributed by atoms with Crippen molar-refractivity contribution >= 4 is 26.0 Å². The quantitative estimate of drug-likeness (QED) is 0.705. The summed E-state index contributed by atoms with van der Waals surface area (Å²) in [5, 5.41) is 10.0. The minimum Gasteiger partial charge on any atom is -0.508 e. The van der Waals surface area contributed by atoms with Crippen LogP contribution in [0.25, 0.3) is 0 Å². The maximum atomic E-state index is 13.1. The van der Waals surface area contributed by atoms with Gasteiger partial charge in [0, 0.05) is 23.1 Å². The molecule has 132 valence electrons. The van der Waals surface area contributed by atoms with E-state index in [9.17, 15) is 13.5 Å². The van der Waals surface area contributed by atoms with Crippen LogP contribution in [-0.4, -0.2) is 23.9 Å². The van der Waals surface area contributed by atoms with Crippen LogP contribution < -0.4 is 0 Å². The van der Waals surface area contributed by atoms with Crippen LogP contribution in [0, 0.1) is 6.92 Å². The van der Waals surface area contributed by atoms with Crippen molar-refractivity contribution in [2.45, 2.75) is 31.3 Å². The summed E-state index contributed by atoms with van der Waals surface area (Å²) in [5.41, 5.74) is 4.39. The van der Waals surface area contributed by atoms with E-state index in [1.54, 1.807) is 66.5 Å². The van der Waals surface area contributed by atoms with Gasteiger partial charge in [-0.3, -0.25) is 0 Å². The summed E-state index contributed by atoms with van der Waals surface area (Å²) in [6, 6.07) is 13.0. The van der Waals surface area contributed by atoms with E-state index in [1.807, 2.05) is 6.92 Å². The van der Waals surface area contributed by atoms with E-state index >= 15 is 0 Å². The third-order valence-corrected chi connectivity index (χ3v) is 6.01. The average Bonchev–Trinajstić information content (AvgIpc) is 2.59. The maximum absolute atomic E-state index is 13.1. The third-order valence-electron chi connectivity index (χ3n) is 3.80. The first kappa shape index (κ1) is 19.5. The molecular weight excluding hydrogens is 402 g/mol. The van der Waals surface area contributed by atoms with Crippen molar-refractivity contribution in [2.24, 2.45) is 0 Å². The van der Waals surface area contributed by atoms with Gasteiger partial charge in [-0.15, -0.1) is 5.73 Å². The van der Waals surface area contributed by atoms with E-state index in [4.69, 9.17) is 0 Å². The number of sulfonamides is 1. The monoisotopic (exact) mass is 421 g/mol. The maximum Gasteiger partial charge on any atom is 0.243 e. The molecule has 0 aliphatic rings. The van der Waals surface area contributed by atoms with Crippen molar-refractivity contribution < 1.29 is 13.5 Å². The SMILES string of the molecule is Cc1ccc(S(=O)(=O)N(Cc2ccccc2O)[C@@H](C)C=C=CBr)cc1. The number of rotatable bonds is 6. The second-order valence-corrected chi connectivity index (χ2v) is 8.02. The van der Waals surface area contributed by atoms with E-state index < -0.39 is 16.1 Å². The van der Waals surface area contributed by atoms with E-state index in [1.165, 1.54) is 4.31 Å². The summed E-state index contributed by atoms with van der Waals surface area (Å²) in [6.45, 7) is 3.74. The lowest BCUT2D eigenvalue weighted by Crippen LogP contribution is -2.37. The van der Waals surface area contributed by atoms with Gasteiger partial charge in [-0.05, 0) is 38.1 Å². The van der Waals surface area contributed by atoms with Gasteiger partial charge < -0.3 is 5.11 Å². The number of aryl methyl sites for hydroxylation is 1. The normalized spacial score (nSPS) is 12.5. The Balaban J connectivity index is 2.48. The first-order valence-corrected chi connectivity index (χ1v) is 10.1. The van der Waals surface area contributed by atoms with Gasteiger partial charge in [0.25, 0.3) is 0 Å². The number of hydrogen-bond acceptors (Lipinski definition) is 3. The Morgan fingerprint density at radius 1 is 1.20 bits per heavy atom. The zero-order chi connectivity index (χ0) is 18.4. The molecule has 2 aromatic rings. The first-order chi connectivity index (χ1) is 11.9. The molecule has 0 unspecified atom stereocenters. The Kier molecular flexibility index (Phi) is 6.62. The molecule has 1 N–H and O–H groups in total. The summed E-state index contributed by atoms with van der Waals surface area (Å²) >= 11 is 3.13. The molecule has 25 heavy (non-hydrogen) atoms. The molecule has 4 nitrogen and oxygen atoms in total. The van der Waals surface area contributed by atoms with Gasteiger partial charge in [-0.2, -0.15) is 4.31 Å². The Morgan fingerprint density at radius 2 is 1.84 bits per heavy atom.